The van der Waals surface area contributed by atoms with Crippen molar-refractivity contribution in [2.75, 3.05) is 26.6 Å². The van der Waals surface area contributed by atoms with Crippen molar-refractivity contribution in [3.8, 4) is 28.4 Å². The lowest BCUT2D eigenvalue weighted by atomic mass is 10.1. The molecule has 7 heteroatoms. The summed E-state index contributed by atoms with van der Waals surface area (Å²) < 4.78 is 21.4. The fourth-order valence-corrected chi connectivity index (χ4v) is 3.44. The molecule has 4 rings (SSSR count). The first kappa shape index (κ1) is 21.0. The van der Waals surface area contributed by atoms with Gasteiger partial charge in [-0.2, -0.15) is 0 Å². The monoisotopic (exact) mass is 431 g/mol. The van der Waals surface area contributed by atoms with E-state index in [1.54, 1.807) is 48.5 Å². The van der Waals surface area contributed by atoms with Crippen LogP contribution < -0.4 is 25.2 Å². The number of rotatable bonds is 6. The molecule has 0 saturated heterocycles. The molecule has 32 heavy (non-hydrogen) atoms. The molecule has 0 aliphatic rings. The van der Waals surface area contributed by atoms with Gasteiger partial charge in [0.25, 0.3) is 5.91 Å². The molecule has 4 aromatic rings. The normalized spacial score (nSPS) is 10.6. The van der Waals surface area contributed by atoms with Crippen LogP contribution in [0.15, 0.2) is 75.9 Å². The van der Waals surface area contributed by atoms with Crippen LogP contribution >= 0.6 is 0 Å². The number of fused-ring (bicyclic) bond motifs is 1. The van der Waals surface area contributed by atoms with Crippen LogP contribution in [0, 0.1) is 0 Å². The predicted molar refractivity (Wildman–Crippen MR) is 122 cm³/mol. The SMILES string of the molecule is COc1cc(C(=O)Nc2cccc(-c3cc4ccccc4oc3=O)c2)cc(OC)c1OC. The van der Waals surface area contributed by atoms with Gasteiger partial charge in [-0.25, -0.2) is 4.79 Å². The van der Waals surface area contributed by atoms with E-state index in [2.05, 4.69) is 5.32 Å². The molecule has 1 aromatic heterocycles. The second-order valence-electron chi connectivity index (χ2n) is 6.93. The van der Waals surface area contributed by atoms with Gasteiger partial charge in [-0.15, -0.1) is 0 Å². The Bertz CT molecular complexity index is 1330. The minimum absolute atomic E-state index is 0.329. The van der Waals surface area contributed by atoms with Crippen LogP contribution in [0.4, 0.5) is 5.69 Å². The van der Waals surface area contributed by atoms with Crippen molar-refractivity contribution in [2.45, 2.75) is 0 Å². The molecule has 0 aliphatic carbocycles. The smallest absolute Gasteiger partial charge is 0.344 e. The highest BCUT2D eigenvalue weighted by atomic mass is 16.5. The first-order valence-corrected chi connectivity index (χ1v) is 9.78. The molecule has 1 heterocycles. The van der Waals surface area contributed by atoms with E-state index in [1.165, 1.54) is 21.3 Å². The number of carbonyl (C=O) groups excluding carboxylic acids is 1. The molecule has 0 atom stereocenters. The van der Waals surface area contributed by atoms with E-state index in [0.29, 0.717) is 45.2 Å². The van der Waals surface area contributed by atoms with Gasteiger partial charge in [0, 0.05) is 16.6 Å². The van der Waals surface area contributed by atoms with Crippen LogP contribution in [0.3, 0.4) is 0 Å². The number of para-hydroxylation sites is 1. The van der Waals surface area contributed by atoms with Crippen molar-refractivity contribution in [3.63, 3.8) is 0 Å². The molecule has 0 unspecified atom stereocenters. The van der Waals surface area contributed by atoms with Crippen LogP contribution in [-0.2, 0) is 0 Å². The summed E-state index contributed by atoms with van der Waals surface area (Å²) >= 11 is 0. The maximum Gasteiger partial charge on any atom is 0.344 e. The Morgan fingerprint density at radius 2 is 1.56 bits per heavy atom. The van der Waals surface area contributed by atoms with E-state index in [-0.39, 0.29) is 5.91 Å². The summed E-state index contributed by atoms with van der Waals surface area (Å²) in [5, 5.41) is 3.66. The first-order valence-electron chi connectivity index (χ1n) is 9.78. The zero-order valence-corrected chi connectivity index (χ0v) is 17.8. The van der Waals surface area contributed by atoms with Gasteiger partial charge in [-0.3, -0.25) is 4.79 Å². The largest absolute Gasteiger partial charge is 0.493 e. The van der Waals surface area contributed by atoms with Crippen molar-refractivity contribution < 1.29 is 23.4 Å². The minimum atomic E-state index is -0.447. The molecule has 0 fully saturated rings. The Morgan fingerprint density at radius 1 is 0.844 bits per heavy atom. The lowest BCUT2D eigenvalue weighted by Crippen LogP contribution is -2.13. The Morgan fingerprint density at radius 3 is 2.25 bits per heavy atom. The molecule has 1 N–H and O–H groups in total. The van der Waals surface area contributed by atoms with Crippen molar-refractivity contribution in [3.05, 3.63) is 82.7 Å². The van der Waals surface area contributed by atoms with E-state index in [4.69, 9.17) is 18.6 Å². The van der Waals surface area contributed by atoms with Crippen LogP contribution in [0.2, 0.25) is 0 Å². The Kier molecular flexibility index (Phi) is 5.81. The summed E-state index contributed by atoms with van der Waals surface area (Å²) in [5.74, 6) is 0.780. The van der Waals surface area contributed by atoms with Gasteiger partial charge in [0.1, 0.15) is 5.58 Å². The number of hydrogen-bond donors (Lipinski definition) is 1. The number of anilines is 1. The second-order valence-corrected chi connectivity index (χ2v) is 6.93. The highest BCUT2D eigenvalue weighted by Gasteiger charge is 2.17. The average Bonchev–Trinajstić information content (AvgIpc) is 2.82. The second kappa shape index (κ2) is 8.85. The Labute approximate surface area is 184 Å². The highest BCUT2D eigenvalue weighted by Crippen LogP contribution is 2.38. The topological polar surface area (TPSA) is 87.0 Å². The van der Waals surface area contributed by atoms with Gasteiger partial charge >= 0.3 is 5.63 Å². The molecule has 3 aromatic carbocycles. The first-order chi connectivity index (χ1) is 15.5. The third-order valence-electron chi connectivity index (χ3n) is 5.00. The van der Waals surface area contributed by atoms with Crippen LogP contribution in [0.5, 0.6) is 17.2 Å². The third-order valence-corrected chi connectivity index (χ3v) is 5.00. The average molecular weight is 431 g/mol. The lowest BCUT2D eigenvalue weighted by molar-refractivity contribution is 0.102. The van der Waals surface area contributed by atoms with Gasteiger partial charge in [-0.1, -0.05) is 30.3 Å². The standard InChI is InChI=1S/C25H21NO6/c1-29-21-13-17(14-22(30-2)23(21)31-3)24(27)26-18-9-6-8-15(11-18)19-12-16-7-4-5-10-20(16)32-25(19)28/h4-14H,1-3H3,(H,26,27). The van der Waals surface area contributed by atoms with Gasteiger partial charge in [0.05, 0.1) is 26.9 Å². The number of carbonyl (C=O) groups is 1. The Balaban J connectivity index is 1.66. The fraction of sp³-hybridized carbons (Fsp3) is 0.120. The Hall–Kier alpha value is -4.26. The molecule has 0 spiro atoms. The molecule has 0 radical (unpaired) electrons. The van der Waals surface area contributed by atoms with Gasteiger partial charge in [0.2, 0.25) is 5.75 Å². The summed E-state index contributed by atoms with van der Waals surface area (Å²) in [7, 11) is 4.46. The summed E-state index contributed by atoms with van der Waals surface area (Å²) in [6, 6.07) is 19.2. The van der Waals surface area contributed by atoms with Crippen LogP contribution in [-0.4, -0.2) is 27.2 Å². The number of nitrogens with one attached hydrogen (secondary N) is 1. The fourth-order valence-electron chi connectivity index (χ4n) is 3.44. The third kappa shape index (κ3) is 4.00. The van der Waals surface area contributed by atoms with Gasteiger partial charge in [0.15, 0.2) is 11.5 Å². The van der Waals surface area contributed by atoms with Crippen molar-refractivity contribution in [1.29, 1.82) is 0 Å². The van der Waals surface area contributed by atoms with E-state index in [0.717, 1.165) is 5.39 Å². The van der Waals surface area contributed by atoms with Gasteiger partial charge in [-0.05, 0) is 42.0 Å². The number of methoxy groups -OCH3 is 3. The summed E-state index contributed by atoms with van der Waals surface area (Å²) in [5.41, 5.74) is 1.97. The zero-order chi connectivity index (χ0) is 22.7. The van der Waals surface area contributed by atoms with Crippen molar-refractivity contribution in [2.24, 2.45) is 0 Å². The van der Waals surface area contributed by atoms with Crippen molar-refractivity contribution >= 4 is 22.6 Å². The zero-order valence-electron chi connectivity index (χ0n) is 17.8. The summed E-state index contributed by atoms with van der Waals surface area (Å²) in [4.78, 5) is 25.4. The molecular formula is C25H21NO6. The molecular weight excluding hydrogens is 410 g/mol. The maximum atomic E-state index is 12.9. The number of amides is 1. The molecule has 7 nitrogen and oxygen atoms in total. The van der Waals surface area contributed by atoms with Crippen molar-refractivity contribution in [1.82, 2.24) is 0 Å². The lowest BCUT2D eigenvalue weighted by Gasteiger charge is -2.14. The van der Waals surface area contributed by atoms with E-state index in [9.17, 15) is 9.59 Å². The highest BCUT2D eigenvalue weighted by molar-refractivity contribution is 6.05. The number of hydrogen-bond acceptors (Lipinski definition) is 6. The number of ether oxygens (including phenoxy) is 3. The van der Waals surface area contributed by atoms with Crippen LogP contribution in [0.1, 0.15) is 10.4 Å². The number of benzene rings is 3. The van der Waals surface area contributed by atoms with E-state index in [1.807, 2.05) is 18.2 Å². The molecule has 1 amide bonds. The predicted octanol–water partition coefficient (Wildman–Crippen LogP) is 4.74. The molecule has 0 aliphatic heterocycles. The van der Waals surface area contributed by atoms with E-state index >= 15 is 0 Å². The molecule has 162 valence electrons. The quantitative estimate of drug-likeness (QED) is 0.444. The summed E-state index contributed by atoms with van der Waals surface area (Å²) in [6.07, 6.45) is 0. The molecule has 0 bridgehead atoms. The maximum absolute atomic E-state index is 12.9. The molecule has 0 saturated carbocycles. The van der Waals surface area contributed by atoms with E-state index < -0.39 is 5.63 Å². The minimum Gasteiger partial charge on any atom is -0.493 e. The van der Waals surface area contributed by atoms with Crippen LogP contribution in [0.25, 0.3) is 22.1 Å². The van der Waals surface area contributed by atoms with Gasteiger partial charge < -0.3 is 23.9 Å². The summed E-state index contributed by atoms with van der Waals surface area (Å²) in [6.45, 7) is 0.